The number of aryl methyl sites for hydroxylation is 2. The molecular weight excluding hydrogens is 288 g/mol. The average Bonchev–Trinajstić information content (AvgIpc) is 2.87. The summed E-state index contributed by atoms with van der Waals surface area (Å²) in [4.78, 5) is 16.1. The zero-order valence-corrected chi connectivity index (χ0v) is 13.3. The molecule has 4 aromatic rings. The van der Waals surface area contributed by atoms with E-state index in [1.54, 1.807) is 0 Å². The third-order valence-electron chi connectivity index (χ3n) is 4.57. The highest BCUT2D eigenvalue weighted by Crippen LogP contribution is 2.35. The second-order valence-corrected chi connectivity index (χ2v) is 5.78. The van der Waals surface area contributed by atoms with Gasteiger partial charge in [-0.1, -0.05) is 0 Å². The van der Waals surface area contributed by atoms with Crippen molar-refractivity contribution < 1.29 is 9.53 Å². The summed E-state index contributed by atoms with van der Waals surface area (Å²) in [6, 6.07) is 9.88. The van der Waals surface area contributed by atoms with Gasteiger partial charge in [0.2, 0.25) is 0 Å². The molecule has 2 heterocycles. The molecule has 0 saturated heterocycles. The summed E-state index contributed by atoms with van der Waals surface area (Å²) >= 11 is 0. The SMILES string of the molecule is COC(=O)c1ccc2c(c1)c1cc3cnccc3c(C)c1n2C. The first-order valence-corrected chi connectivity index (χ1v) is 7.45. The van der Waals surface area contributed by atoms with E-state index in [2.05, 4.69) is 29.6 Å². The van der Waals surface area contributed by atoms with Crippen molar-refractivity contribution in [3.63, 3.8) is 0 Å². The summed E-state index contributed by atoms with van der Waals surface area (Å²) < 4.78 is 7.02. The van der Waals surface area contributed by atoms with Crippen LogP contribution in [-0.4, -0.2) is 22.6 Å². The predicted molar refractivity (Wildman–Crippen MR) is 91.8 cm³/mol. The average molecular weight is 304 g/mol. The van der Waals surface area contributed by atoms with Gasteiger partial charge in [0.15, 0.2) is 0 Å². The number of aromatic nitrogens is 2. The van der Waals surface area contributed by atoms with E-state index >= 15 is 0 Å². The molecule has 4 nitrogen and oxygen atoms in total. The molecule has 0 aliphatic heterocycles. The van der Waals surface area contributed by atoms with Gasteiger partial charge >= 0.3 is 5.97 Å². The van der Waals surface area contributed by atoms with E-state index in [-0.39, 0.29) is 5.97 Å². The van der Waals surface area contributed by atoms with Crippen LogP contribution in [-0.2, 0) is 11.8 Å². The van der Waals surface area contributed by atoms with Crippen LogP contribution in [0.5, 0.6) is 0 Å². The van der Waals surface area contributed by atoms with Crippen molar-refractivity contribution in [2.75, 3.05) is 7.11 Å². The number of fused-ring (bicyclic) bond motifs is 4. The van der Waals surface area contributed by atoms with E-state index in [4.69, 9.17) is 4.74 Å². The standard InChI is InChI=1S/C19H16N2O2/c1-11-14-6-7-20-10-13(14)9-16-15-8-12(19(22)23-3)4-5-17(15)21(2)18(11)16/h4-10H,1-3H3. The van der Waals surface area contributed by atoms with Crippen molar-refractivity contribution in [1.29, 1.82) is 0 Å². The molecule has 4 heteroatoms. The number of carbonyl (C=O) groups excluding carboxylic acids is 1. The summed E-state index contributed by atoms with van der Waals surface area (Å²) in [5.74, 6) is -0.317. The molecule has 23 heavy (non-hydrogen) atoms. The third-order valence-corrected chi connectivity index (χ3v) is 4.57. The molecule has 114 valence electrons. The van der Waals surface area contributed by atoms with Crippen molar-refractivity contribution in [2.45, 2.75) is 6.92 Å². The van der Waals surface area contributed by atoms with E-state index < -0.39 is 0 Å². The molecule has 0 radical (unpaired) electrons. The number of ether oxygens (including phenoxy) is 1. The largest absolute Gasteiger partial charge is 0.465 e. The van der Waals surface area contributed by atoms with Crippen molar-refractivity contribution in [3.05, 3.63) is 53.9 Å². The van der Waals surface area contributed by atoms with Gasteiger partial charge in [-0.3, -0.25) is 4.98 Å². The molecule has 0 unspecified atom stereocenters. The number of benzene rings is 2. The van der Waals surface area contributed by atoms with E-state index in [1.165, 1.54) is 23.6 Å². The number of hydrogen-bond acceptors (Lipinski definition) is 3. The fourth-order valence-electron chi connectivity index (χ4n) is 3.46. The first-order valence-electron chi connectivity index (χ1n) is 7.45. The Morgan fingerprint density at radius 2 is 1.96 bits per heavy atom. The molecule has 0 N–H and O–H groups in total. The summed E-state index contributed by atoms with van der Waals surface area (Å²) in [7, 11) is 3.46. The minimum Gasteiger partial charge on any atom is -0.465 e. The Morgan fingerprint density at radius 1 is 1.13 bits per heavy atom. The summed E-state index contributed by atoms with van der Waals surface area (Å²) in [6.45, 7) is 2.13. The van der Waals surface area contributed by atoms with Gasteiger partial charge in [-0.25, -0.2) is 4.79 Å². The van der Waals surface area contributed by atoms with Crippen LogP contribution in [0.4, 0.5) is 0 Å². The lowest BCUT2D eigenvalue weighted by molar-refractivity contribution is 0.0601. The molecule has 4 rings (SSSR count). The zero-order valence-electron chi connectivity index (χ0n) is 13.3. The molecule has 0 aliphatic carbocycles. The minimum atomic E-state index is -0.317. The highest BCUT2D eigenvalue weighted by atomic mass is 16.5. The lowest BCUT2D eigenvalue weighted by Gasteiger charge is -2.06. The Hall–Kier alpha value is -2.88. The third kappa shape index (κ3) is 1.84. The topological polar surface area (TPSA) is 44.1 Å². The van der Waals surface area contributed by atoms with Crippen LogP contribution in [0.25, 0.3) is 32.6 Å². The van der Waals surface area contributed by atoms with E-state index in [9.17, 15) is 4.79 Å². The van der Waals surface area contributed by atoms with Crippen LogP contribution in [0.3, 0.4) is 0 Å². The van der Waals surface area contributed by atoms with Gasteiger partial charge in [-0.05, 0) is 48.2 Å². The van der Waals surface area contributed by atoms with Gasteiger partial charge in [0, 0.05) is 41.1 Å². The first kappa shape index (κ1) is 13.8. The number of methoxy groups -OCH3 is 1. The Balaban J connectivity index is 2.19. The quantitative estimate of drug-likeness (QED) is 0.500. The molecule has 0 atom stereocenters. The number of esters is 1. The molecule has 0 fully saturated rings. The van der Waals surface area contributed by atoms with E-state index in [0.29, 0.717) is 5.56 Å². The Labute approximate surface area is 133 Å². The van der Waals surface area contributed by atoms with Crippen molar-refractivity contribution in [2.24, 2.45) is 7.05 Å². The van der Waals surface area contributed by atoms with Gasteiger partial charge < -0.3 is 9.30 Å². The highest BCUT2D eigenvalue weighted by Gasteiger charge is 2.15. The maximum Gasteiger partial charge on any atom is 0.337 e. The Bertz CT molecular complexity index is 1090. The monoisotopic (exact) mass is 304 g/mol. The first-order chi connectivity index (χ1) is 11.1. The van der Waals surface area contributed by atoms with Gasteiger partial charge in [0.25, 0.3) is 0 Å². The van der Waals surface area contributed by atoms with Gasteiger partial charge in [-0.2, -0.15) is 0 Å². The smallest absolute Gasteiger partial charge is 0.337 e. The molecule has 2 aromatic heterocycles. The predicted octanol–water partition coefficient (Wildman–Crippen LogP) is 3.97. The fraction of sp³-hybridized carbons (Fsp3) is 0.158. The summed E-state index contributed by atoms with van der Waals surface area (Å²) in [5.41, 5.74) is 4.06. The second kappa shape index (κ2) is 4.81. The van der Waals surface area contributed by atoms with Crippen molar-refractivity contribution >= 4 is 38.5 Å². The number of nitrogens with zero attached hydrogens (tertiary/aromatic N) is 2. The molecular formula is C19H16N2O2. The Kier molecular flexibility index (Phi) is 2.88. The van der Waals surface area contributed by atoms with Crippen LogP contribution in [0.15, 0.2) is 42.7 Å². The number of pyridine rings is 1. The van der Waals surface area contributed by atoms with Crippen molar-refractivity contribution in [3.8, 4) is 0 Å². The van der Waals surface area contributed by atoms with Gasteiger partial charge in [0.05, 0.1) is 18.2 Å². The normalized spacial score (nSPS) is 11.4. The maximum absolute atomic E-state index is 11.8. The summed E-state index contributed by atoms with van der Waals surface area (Å²) in [6.07, 6.45) is 3.70. The Morgan fingerprint density at radius 3 is 2.74 bits per heavy atom. The second-order valence-electron chi connectivity index (χ2n) is 5.78. The molecule has 0 bridgehead atoms. The number of carbonyl (C=O) groups is 1. The highest BCUT2D eigenvalue weighted by molar-refractivity contribution is 6.15. The van der Waals surface area contributed by atoms with Crippen LogP contribution in [0.2, 0.25) is 0 Å². The van der Waals surface area contributed by atoms with Crippen LogP contribution in [0, 0.1) is 6.92 Å². The minimum absolute atomic E-state index is 0.317. The zero-order chi connectivity index (χ0) is 16.1. The molecule has 0 spiro atoms. The van der Waals surface area contributed by atoms with Crippen LogP contribution in [0.1, 0.15) is 15.9 Å². The molecule has 2 aromatic carbocycles. The van der Waals surface area contributed by atoms with Crippen LogP contribution >= 0.6 is 0 Å². The number of hydrogen-bond donors (Lipinski definition) is 0. The van der Waals surface area contributed by atoms with Gasteiger partial charge in [-0.15, -0.1) is 0 Å². The van der Waals surface area contributed by atoms with E-state index in [1.807, 2.05) is 36.7 Å². The lowest BCUT2D eigenvalue weighted by Crippen LogP contribution is -2.00. The van der Waals surface area contributed by atoms with E-state index in [0.717, 1.165) is 21.7 Å². The number of rotatable bonds is 1. The molecule has 0 saturated carbocycles. The van der Waals surface area contributed by atoms with Gasteiger partial charge in [0.1, 0.15) is 0 Å². The molecule has 0 aliphatic rings. The fourth-order valence-corrected chi connectivity index (χ4v) is 3.46. The van der Waals surface area contributed by atoms with Crippen molar-refractivity contribution in [1.82, 2.24) is 9.55 Å². The molecule has 0 amide bonds. The maximum atomic E-state index is 11.8. The summed E-state index contributed by atoms with van der Waals surface area (Å²) in [5, 5.41) is 4.49. The van der Waals surface area contributed by atoms with Crippen LogP contribution < -0.4 is 0 Å². The lowest BCUT2D eigenvalue weighted by atomic mass is 10.0.